The molecule has 28 heavy (non-hydrogen) atoms. The highest BCUT2D eigenvalue weighted by atomic mass is 35.5. The molecule has 0 aromatic carbocycles. The summed E-state index contributed by atoms with van der Waals surface area (Å²) in [7, 11) is 0.0816. The van der Waals surface area contributed by atoms with E-state index in [1.165, 1.54) is 13.5 Å². The lowest BCUT2D eigenvalue weighted by Gasteiger charge is -2.24. The molecule has 7 heteroatoms. The zero-order valence-corrected chi connectivity index (χ0v) is 18.2. The molecule has 1 unspecified atom stereocenters. The Labute approximate surface area is 176 Å². The number of ether oxygens (including phenoxy) is 1. The molecule has 0 radical (unpaired) electrons. The lowest BCUT2D eigenvalue weighted by Crippen LogP contribution is -2.23. The second-order valence-corrected chi connectivity index (χ2v) is 10.1. The summed E-state index contributed by atoms with van der Waals surface area (Å²) in [5.74, 6) is 6.16. The fraction of sp³-hybridized carbons (Fsp3) is 0.857. The minimum Gasteiger partial charge on any atom is -0.468 e. The molecule has 0 aromatic rings. The van der Waals surface area contributed by atoms with E-state index in [0.29, 0.717) is 12.2 Å². The van der Waals surface area contributed by atoms with E-state index in [2.05, 4.69) is 16.6 Å². The van der Waals surface area contributed by atoms with Crippen molar-refractivity contribution in [2.24, 2.45) is 17.8 Å². The molecular formula is C21H33ClO5S. The molecule has 2 aliphatic carbocycles. The SMILES string of the molecule is COC(=O)CS(=O)CCCC[C@@H]1[C@@H](C#C[C@@H](O)C2CCCCC2)[C@H](O)C[C@H]1Cl. The van der Waals surface area contributed by atoms with Gasteiger partial charge in [0.25, 0.3) is 0 Å². The van der Waals surface area contributed by atoms with Gasteiger partial charge in [0.15, 0.2) is 0 Å². The Morgan fingerprint density at radius 3 is 2.68 bits per heavy atom. The lowest BCUT2D eigenvalue weighted by molar-refractivity contribution is -0.137. The molecule has 2 N–H and O–H groups in total. The van der Waals surface area contributed by atoms with E-state index in [-0.39, 0.29) is 28.9 Å². The molecule has 6 atom stereocenters. The molecule has 2 fully saturated rings. The van der Waals surface area contributed by atoms with Crippen molar-refractivity contribution in [2.75, 3.05) is 18.6 Å². The first-order valence-electron chi connectivity index (χ1n) is 10.4. The third-order valence-electron chi connectivity index (χ3n) is 5.97. The highest BCUT2D eigenvalue weighted by molar-refractivity contribution is 7.85. The number of halogens is 1. The van der Waals surface area contributed by atoms with E-state index in [4.69, 9.17) is 11.6 Å². The van der Waals surface area contributed by atoms with Crippen LogP contribution in [-0.2, 0) is 20.3 Å². The van der Waals surface area contributed by atoms with Crippen LogP contribution in [0.2, 0.25) is 0 Å². The van der Waals surface area contributed by atoms with Crippen molar-refractivity contribution in [2.45, 2.75) is 75.4 Å². The summed E-state index contributed by atoms with van der Waals surface area (Å²) in [6.45, 7) is 0. The molecule has 0 aromatic heterocycles. The predicted molar refractivity (Wildman–Crippen MR) is 111 cm³/mol. The van der Waals surface area contributed by atoms with Gasteiger partial charge >= 0.3 is 5.97 Å². The molecule has 0 amide bonds. The van der Waals surface area contributed by atoms with E-state index in [9.17, 15) is 19.2 Å². The van der Waals surface area contributed by atoms with E-state index in [0.717, 1.165) is 44.9 Å². The standard InChI is InChI=1S/C21H33ClO5S/c1-27-21(25)14-28(26)12-6-5-9-16-17(20(24)13-18(16)22)10-11-19(23)15-7-3-2-4-8-15/h15-20,23-24H,2-9,12-14H2,1H3/t16-,17-,18-,19-,20-,28?/m1/s1. The van der Waals surface area contributed by atoms with E-state index in [1.807, 2.05) is 0 Å². The second-order valence-electron chi connectivity index (χ2n) is 8.00. The Hall–Kier alpha value is -0.610. The summed E-state index contributed by atoms with van der Waals surface area (Å²) in [5.41, 5.74) is 0. The van der Waals surface area contributed by atoms with Crippen molar-refractivity contribution in [3.05, 3.63) is 0 Å². The number of carbonyl (C=O) groups excluding carboxylic acids is 1. The van der Waals surface area contributed by atoms with Gasteiger partial charge in [0, 0.05) is 21.9 Å². The Morgan fingerprint density at radius 2 is 2.00 bits per heavy atom. The number of carbonyl (C=O) groups is 1. The van der Waals surface area contributed by atoms with Gasteiger partial charge < -0.3 is 14.9 Å². The average Bonchev–Trinajstić information content (AvgIpc) is 2.96. The van der Waals surface area contributed by atoms with Crippen LogP contribution < -0.4 is 0 Å². The molecule has 160 valence electrons. The monoisotopic (exact) mass is 432 g/mol. The Morgan fingerprint density at radius 1 is 1.29 bits per heavy atom. The van der Waals surface area contributed by atoms with Gasteiger partial charge in [-0.05, 0) is 43.9 Å². The molecule has 0 heterocycles. The molecule has 2 aliphatic rings. The highest BCUT2D eigenvalue weighted by Gasteiger charge is 2.40. The van der Waals surface area contributed by atoms with Crippen LogP contribution in [-0.4, -0.2) is 56.6 Å². The number of methoxy groups -OCH3 is 1. The van der Waals surface area contributed by atoms with Crippen LogP contribution in [0.4, 0.5) is 0 Å². The van der Waals surface area contributed by atoms with Gasteiger partial charge in [-0.25, -0.2) is 0 Å². The molecule has 0 spiro atoms. The van der Waals surface area contributed by atoms with Crippen LogP contribution in [0.5, 0.6) is 0 Å². The Kier molecular flexibility index (Phi) is 10.3. The highest BCUT2D eigenvalue weighted by Crippen LogP contribution is 2.39. The van der Waals surface area contributed by atoms with Gasteiger partial charge in [-0.15, -0.1) is 11.6 Å². The van der Waals surface area contributed by atoms with Crippen LogP contribution in [0.1, 0.15) is 57.8 Å². The van der Waals surface area contributed by atoms with Crippen molar-refractivity contribution >= 4 is 28.4 Å². The molecule has 2 rings (SSSR count). The number of hydrogen-bond donors (Lipinski definition) is 2. The van der Waals surface area contributed by atoms with Crippen LogP contribution >= 0.6 is 11.6 Å². The minimum absolute atomic E-state index is 0.0655. The molecule has 0 saturated heterocycles. The number of unbranched alkanes of at least 4 members (excludes halogenated alkanes) is 1. The van der Waals surface area contributed by atoms with E-state index >= 15 is 0 Å². The van der Waals surface area contributed by atoms with Crippen LogP contribution in [0.3, 0.4) is 0 Å². The summed E-state index contributed by atoms with van der Waals surface area (Å²) in [4.78, 5) is 11.1. The fourth-order valence-corrected chi connectivity index (χ4v) is 5.80. The Balaban J connectivity index is 1.82. The third kappa shape index (κ3) is 7.33. The summed E-state index contributed by atoms with van der Waals surface area (Å²) in [6, 6.07) is 0. The van der Waals surface area contributed by atoms with Gasteiger partial charge in [-0.3, -0.25) is 9.00 Å². The quantitative estimate of drug-likeness (QED) is 0.266. The number of rotatable bonds is 8. The van der Waals surface area contributed by atoms with Crippen molar-refractivity contribution in [3.8, 4) is 11.8 Å². The minimum atomic E-state index is -1.21. The first-order chi connectivity index (χ1) is 13.4. The third-order valence-corrected chi connectivity index (χ3v) is 7.77. The maximum absolute atomic E-state index is 11.8. The van der Waals surface area contributed by atoms with Crippen molar-refractivity contribution < 1.29 is 24.0 Å². The van der Waals surface area contributed by atoms with Crippen molar-refractivity contribution in [3.63, 3.8) is 0 Å². The predicted octanol–water partition coefficient (Wildman–Crippen LogP) is 2.63. The van der Waals surface area contributed by atoms with Crippen LogP contribution in [0.15, 0.2) is 0 Å². The molecule has 0 bridgehead atoms. The topological polar surface area (TPSA) is 83.8 Å². The van der Waals surface area contributed by atoms with E-state index in [1.54, 1.807) is 0 Å². The molecular weight excluding hydrogens is 400 g/mol. The number of esters is 1. The normalized spacial score (nSPS) is 30.3. The first-order valence-corrected chi connectivity index (χ1v) is 12.3. The van der Waals surface area contributed by atoms with Crippen molar-refractivity contribution in [1.29, 1.82) is 0 Å². The average molecular weight is 433 g/mol. The van der Waals surface area contributed by atoms with E-state index < -0.39 is 29.0 Å². The zero-order chi connectivity index (χ0) is 20.5. The van der Waals surface area contributed by atoms with Gasteiger partial charge in [-0.2, -0.15) is 0 Å². The van der Waals surface area contributed by atoms with Gasteiger partial charge in [0.1, 0.15) is 11.9 Å². The number of hydrogen-bond acceptors (Lipinski definition) is 5. The number of aliphatic hydroxyl groups excluding tert-OH is 2. The molecule has 2 saturated carbocycles. The summed E-state index contributed by atoms with van der Waals surface area (Å²) in [5, 5.41) is 20.6. The zero-order valence-electron chi connectivity index (χ0n) is 16.6. The maximum Gasteiger partial charge on any atom is 0.318 e. The summed E-state index contributed by atoms with van der Waals surface area (Å²) >= 11 is 6.45. The number of alkyl halides is 1. The first kappa shape index (κ1) is 23.7. The Bertz CT molecular complexity index is 581. The lowest BCUT2D eigenvalue weighted by atomic mass is 9.84. The van der Waals surface area contributed by atoms with Crippen LogP contribution in [0, 0.1) is 29.6 Å². The van der Waals surface area contributed by atoms with Crippen molar-refractivity contribution in [1.82, 2.24) is 0 Å². The molecule has 5 nitrogen and oxygen atoms in total. The summed E-state index contributed by atoms with van der Waals surface area (Å²) in [6.07, 6.45) is 7.24. The van der Waals surface area contributed by atoms with Gasteiger partial charge in [-0.1, -0.05) is 37.5 Å². The molecule has 0 aliphatic heterocycles. The number of aliphatic hydroxyl groups is 2. The van der Waals surface area contributed by atoms with Gasteiger partial charge in [0.2, 0.25) is 0 Å². The second kappa shape index (κ2) is 12.2. The van der Waals surface area contributed by atoms with Gasteiger partial charge in [0.05, 0.1) is 19.1 Å². The maximum atomic E-state index is 11.8. The smallest absolute Gasteiger partial charge is 0.318 e. The summed E-state index contributed by atoms with van der Waals surface area (Å²) < 4.78 is 16.3. The van der Waals surface area contributed by atoms with Crippen LogP contribution in [0.25, 0.3) is 0 Å². The largest absolute Gasteiger partial charge is 0.468 e. The fourth-order valence-electron chi connectivity index (χ4n) is 4.28.